The van der Waals surface area contributed by atoms with Crippen LogP contribution in [0.2, 0.25) is 5.02 Å². The van der Waals surface area contributed by atoms with E-state index in [1.54, 1.807) is 11.7 Å². The van der Waals surface area contributed by atoms with Crippen LogP contribution in [-0.2, 0) is 12.9 Å². The number of aromatic amines is 1. The van der Waals surface area contributed by atoms with Gasteiger partial charge in [0.2, 0.25) is 0 Å². The van der Waals surface area contributed by atoms with E-state index >= 15 is 0 Å². The Hall–Kier alpha value is -1.00. The number of nitrogens with zero attached hydrogens (tertiary/aromatic N) is 2. The van der Waals surface area contributed by atoms with Crippen LogP contribution in [0.1, 0.15) is 11.3 Å². The van der Waals surface area contributed by atoms with Crippen molar-refractivity contribution in [2.45, 2.75) is 12.8 Å². The zero-order valence-electron chi connectivity index (χ0n) is 8.27. The fraction of sp³-hybridized carbons (Fsp3) is 0.333. The molecule has 80 valence electrons. The van der Waals surface area contributed by atoms with Crippen LogP contribution in [0.3, 0.4) is 0 Å². The van der Waals surface area contributed by atoms with Crippen LogP contribution in [0.5, 0.6) is 0 Å². The van der Waals surface area contributed by atoms with Crippen LogP contribution >= 0.6 is 23.2 Å². The lowest BCUT2D eigenvalue weighted by Crippen LogP contribution is -2.10. The second kappa shape index (κ2) is 3.54. The van der Waals surface area contributed by atoms with Gasteiger partial charge in [-0.1, -0.05) is 11.6 Å². The van der Waals surface area contributed by atoms with Gasteiger partial charge < -0.3 is 4.98 Å². The summed E-state index contributed by atoms with van der Waals surface area (Å²) in [6.45, 7) is 1.85. The van der Waals surface area contributed by atoms with Gasteiger partial charge in [-0.25, -0.2) is 0 Å². The minimum atomic E-state index is -0.331. The lowest BCUT2D eigenvalue weighted by atomic mass is 10.2. The van der Waals surface area contributed by atoms with Crippen molar-refractivity contribution in [2.24, 2.45) is 7.05 Å². The molecular formula is C9H9Cl2N3O. The fourth-order valence-electron chi connectivity index (χ4n) is 1.70. The van der Waals surface area contributed by atoms with Gasteiger partial charge in [0.15, 0.2) is 0 Å². The van der Waals surface area contributed by atoms with Crippen molar-refractivity contribution in [1.29, 1.82) is 0 Å². The monoisotopic (exact) mass is 245 g/mol. The number of halogens is 2. The summed E-state index contributed by atoms with van der Waals surface area (Å²) in [7, 11) is 1.76. The molecule has 0 aliphatic rings. The van der Waals surface area contributed by atoms with Gasteiger partial charge in [0.05, 0.1) is 5.69 Å². The molecule has 0 bridgehead atoms. The third kappa shape index (κ3) is 1.44. The summed E-state index contributed by atoms with van der Waals surface area (Å²) >= 11 is 11.7. The highest BCUT2D eigenvalue weighted by Crippen LogP contribution is 2.25. The van der Waals surface area contributed by atoms with Crippen LogP contribution in [0.4, 0.5) is 0 Å². The Kier molecular flexibility index (Phi) is 2.48. The van der Waals surface area contributed by atoms with E-state index in [9.17, 15) is 4.79 Å². The molecule has 0 fully saturated rings. The third-order valence-corrected chi connectivity index (χ3v) is 3.02. The molecule has 1 N–H and O–H groups in total. The molecule has 0 radical (unpaired) electrons. The van der Waals surface area contributed by atoms with Crippen LogP contribution in [0.15, 0.2) is 4.79 Å². The van der Waals surface area contributed by atoms with E-state index in [0.717, 1.165) is 11.1 Å². The number of aromatic nitrogens is 3. The van der Waals surface area contributed by atoms with Crippen LogP contribution < -0.4 is 5.56 Å². The Morgan fingerprint density at radius 2 is 2.20 bits per heavy atom. The number of hydrogen-bond donors (Lipinski definition) is 1. The van der Waals surface area contributed by atoms with Crippen molar-refractivity contribution in [1.82, 2.24) is 14.8 Å². The first-order valence-corrected chi connectivity index (χ1v) is 5.27. The zero-order chi connectivity index (χ0) is 11.2. The Bertz CT molecular complexity index is 585. The average Bonchev–Trinajstić information content (AvgIpc) is 2.45. The molecule has 0 aliphatic carbocycles. The molecule has 0 amide bonds. The Labute approximate surface area is 95.8 Å². The van der Waals surface area contributed by atoms with E-state index in [4.69, 9.17) is 23.2 Å². The normalized spacial score (nSPS) is 11.2. The second-order valence-electron chi connectivity index (χ2n) is 3.31. The first-order valence-electron chi connectivity index (χ1n) is 4.36. The molecule has 0 saturated carbocycles. The minimum Gasteiger partial charge on any atom is -0.305 e. The van der Waals surface area contributed by atoms with E-state index < -0.39 is 0 Å². The highest BCUT2D eigenvalue weighted by Gasteiger charge is 2.15. The molecule has 0 unspecified atom stereocenters. The molecule has 0 aliphatic heterocycles. The molecule has 6 heteroatoms. The number of nitrogens with one attached hydrogen (secondary N) is 1. The summed E-state index contributed by atoms with van der Waals surface area (Å²) in [6, 6.07) is 0. The first-order chi connectivity index (χ1) is 7.06. The Morgan fingerprint density at radius 1 is 1.53 bits per heavy atom. The summed E-state index contributed by atoms with van der Waals surface area (Å²) in [6.07, 6.45) is 0. The highest BCUT2D eigenvalue weighted by atomic mass is 35.5. The van der Waals surface area contributed by atoms with Crippen molar-refractivity contribution in [3.8, 4) is 0 Å². The molecule has 0 spiro atoms. The van der Waals surface area contributed by atoms with Gasteiger partial charge in [-0.3, -0.25) is 9.48 Å². The van der Waals surface area contributed by atoms with Gasteiger partial charge >= 0.3 is 0 Å². The highest BCUT2D eigenvalue weighted by molar-refractivity contribution is 6.33. The third-order valence-electron chi connectivity index (χ3n) is 2.35. The van der Waals surface area contributed by atoms with Crippen molar-refractivity contribution >= 4 is 34.2 Å². The molecule has 2 heterocycles. The molecule has 2 aromatic heterocycles. The lowest BCUT2D eigenvalue weighted by Gasteiger charge is -2.02. The van der Waals surface area contributed by atoms with E-state index in [0.29, 0.717) is 11.2 Å². The molecule has 15 heavy (non-hydrogen) atoms. The molecule has 0 atom stereocenters. The largest absolute Gasteiger partial charge is 0.305 e. The Morgan fingerprint density at radius 3 is 2.80 bits per heavy atom. The smallest absolute Gasteiger partial charge is 0.268 e. The molecule has 2 rings (SSSR count). The van der Waals surface area contributed by atoms with Crippen LogP contribution in [0.25, 0.3) is 11.0 Å². The maximum atomic E-state index is 11.5. The van der Waals surface area contributed by atoms with E-state index in [-0.39, 0.29) is 16.5 Å². The summed E-state index contributed by atoms with van der Waals surface area (Å²) in [5, 5.41) is 5.19. The lowest BCUT2D eigenvalue weighted by molar-refractivity contribution is 0.772. The summed E-state index contributed by atoms with van der Waals surface area (Å²) < 4.78 is 1.61. The molecule has 2 aromatic rings. The number of H-pyrrole nitrogens is 1. The van der Waals surface area contributed by atoms with E-state index in [1.807, 2.05) is 6.92 Å². The number of alkyl halides is 1. The minimum absolute atomic E-state index is 0.147. The van der Waals surface area contributed by atoms with Gasteiger partial charge in [-0.2, -0.15) is 5.10 Å². The second-order valence-corrected chi connectivity index (χ2v) is 3.96. The zero-order valence-corrected chi connectivity index (χ0v) is 9.78. The van der Waals surface area contributed by atoms with Crippen LogP contribution in [-0.4, -0.2) is 14.8 Å². The average molecular weight is 246 g/mol. The van der Waals surface area contributed by atoms with E-state index in [2.05, 4.69) is 10.1 Å². The van der Waals surface area contributed by atoms with Crippen molar-refractivity contribution in [2.75, 3.05) is 0 Å². The van der Waals surface area contributed by atoms with Crippen molar-refractivity contribution in [3.63, 3.8) is 0 Å². The number of rotatable bonds is 1. The van der Waals surface area contributed by atoms with Crippen molar-refractivity contribution in [3.05, 3.63) is 26.6 Å². The Balaban J connectivity index is 3.04. The fourth-order valence-corrected chi connectivity index (χ4v) is 2.24. The standard InChI is InChI=1S/C9H9Cl2N3O/c1-4-6-5(3-10)7(11)9(15)12-8(6)14(2)13-4/h3H2,1-2H3,(H,12,15). The maximum Gasteiger partial charge on any atom is 0.268 e. The first kappa shape index (κ1) is 10.5. The number of pyridine rings is 1. The van der Waals surface area contributed by atoms with Crippen LogP contribution in [0, 0.1) is 6.92 Å². The quantitative estimate of drug-likeness (QED) is 0.782. The summed E-state index contributed by atoms with van der Waals surface area (Å²) in [5.74, 6) is 0.200. The van der Waals surface area contributed by atoms with Crippen molar-refractivity contribution < 1.29 is 0 Å². The topological polar surface area (TPSA) is 50.7 Å². The predicted molar refractivity (Wildman–Crippen MR) is 60.6 cm³/mol. The van der Waals surface area contributed by atoms with Gasteiger partial charge in [-0.05, 0) is 6.92 Å². The number of aryl methyl sites for hydroxylation is 2. The summed E-state index contributed by atoms with van der Waals surface area (Å²) in [4.78, 5) is 14.2. The number of fused-ring (bicyclic) bond motifs is 1. The molecule has 0 aromatic carbocycles. The van der Waals surface area contributed by atoms with Gasteiger partial charge in [-0.15, -0.1) is 11.6 Å². The SMILES string of the molecule is Cc1nn(C)c2[nH]c(=O)c(Cl)c(CCl)c12. The van der Waals surface area contributed by atoms with Gasteiger partial charge in [0.25, 0.3) is 5.56 Å². The van der Waals surface area contributed by atoms with Gasteiger partial charge in [0.1, 0.15) is 10.7 Å². The van der Waals surface area contributed by atoms with E-state index in [1.165, 1.54) is 0 Å². The maximum absolute atomic E-state index is 11.5. The molecular weight excluding hydrogens is 237 g/mol. The molecule has 0 saturated heterocycles. The van der Waals surface area contributed by atoms with Gasteiger partial charge in [0, 0.05) is 23.9 Å². The molecule has 4 nitrogen and oxygen atoms in total. The predicted octanol–water partition coefficient (Wildman–Crippen LogP) is 1.96. The summed E-state index contributed by atoms with van der Waals surface area (Å²) in [5.41, 5.74) is 1.77. The number of hydrogen-bond acceptors (Lipinski definition) is 2.